The van der Waals surface area contributed by atoms with E-state index in [2.05, 4.69) is 31.9 Å². The van der Waals surface area contributed by atoms with Gasteiger partial charge in [-0.1, -0.05) is 5.16 Å². The van der Waals surface area contributed by atoms with Crippen LogP contribution in [-0.4, -0.2) is 39.2 Å². The van der Waals surface area contributed by atoms with Crippen molar-refractivity contribution >= 4 is 0 Å². The van der Waals surface area contributed by atoms with Gasteiger partial charge in [0, 0.05) is 19.3 Å². The van der Waals surface area contributed by atoms with Gasteiger partial charge in [-0.2, -0.15) is 4.98 Å². The van der Waals surface area contributed by atoms with Crippen LogP contribution in [0.1, 0.15) is 30.4 Å². The van der Waals surface area contributed by atoms with Crippen molar-refractivity contribution in [3.63, 3.8) is 0 Å². The van der Waals surface area contributed by atoms with E-state index in [-0.39, 0.29) is 6.04 Å². The fourth-order valence-electron chi connectivity index (χ4n) is 1.67. The molecule has 2 heterocycles. The van der Waals surface area contributed by atoms with Crippen LogP contribution in [0.15, 0.2) is 23.1 Å². The molecule has 0 fully saturated rings. The van der Waals surface area contributed by atoms with Crippen molar-refractivity contribution < 1.29 is 9.26 Å². The highest BCUT2D eigenvalue weighted by Crippen LogP contribution is 2.17. The Kier molecular flexibility index (Phi) is 4.53. The summed E-state index contributed by atoms with van der Waals surface area (Å²) in [4.78, 5) is 14.5. The van der Waals surface area contributed by atoms with Crippen molar-refractivity contribution in [2.24, 2.45) is 0 Å². The largest absolute Gasteiger partial charge is 0.375 e. The van der Waals surface area contributed by atoms with Crippen molar-refractivity contribution in [1.29, 1.82) is 0 Å². The van der Waals surface area contributed by atoms with Gasteiger partial charge in [0.1, 0.15) is 12.9 Å². The summed E-state index contributed by atoms with van der Waals surface area (Å²) in [6, 6.07) is 2.04. The van der Waals surface area contributed by atoms with Crippen LogP contribution in [0, 0.1) is 0 Å². The van der Waals surface area contributed by atoms with Crippen LogP contribution >= 0.6 is 0 Å². The second-order valence-electron chi connectivity index (χ2n) is 4.26. The molecule has 0 N–H and O–H groups in total. The third-order valence-electron chi connectivity index (χ3n) is 2.86. The highest BCUT2D eigenvalue weighted by molar-refractivity contribution is 5.03. The van der Waals surface area contributed by atoms with Crippen molar-refractivity contribution in [3.05, 3.63) is 36.0 Å². The summed E-state index contributed by atoms with van der Waals surface area (Å²) in [7, 11) is 3.58. The Balaban J connectivity index is 1.98. The van der Waals surface area contributed by atoms with Gasteiger partial charge in [-0.25, -0.2) is 9.97 Å². The standard InChI is InChI=1S/C12H17N5O2/c1-9(10-4-5-13-8-14-10)17(2)6-11-15-12(7-18-3)19-16-11/h4-5,8-9H,6-7H2,1-3H3/t9-/m0/s1. The zero-order valence-electron chi connectivity index (χ0n) is 11.3. The van der Waals surface area contributed by atoms with Crippen LogP contribution in [0.4, 0.5) is 0 Å². The van der Waals surface area contributed by atoms with Gasteiger partial charge in [0.15, 0.2) is 5.82 Å². The molecule has 0 aliphatic carbocycles. The molecule has 2 aromatic rings. The highest BCUT2D eigenvalue weighted by Gasteiger charge is 2.16. The molecule has 0 bridgehead atoms. The van der Waals surface area contributed by atoms with E-state index in [1.54, 1.807) is 19.6 Å². The summed E-state index contributed by atoms with van der Waals surface area (Å²) in [5.41, 5.74) is 0.957. The lowest BCUT2D eigenvalue weighted by molar-refractivity contribution is 0.151. The minimum absolute atomic E-state index is 0.146. The van der Waals surface area contributed by atoms with Crippen LogP contribution in [0.2, 0.25) is 0 Å². The molecule has 2 rings (SSSR count). The number of nitrogens with zero attached hydrogens (tertiary/aromatic N) is 5. The van der Waals surface area contributed by atoms with Crippen LogP contribution in [-0.2, 0) is 17.9 Å². The van der Waals surface area contributed by atoms with Gasteiger partial charge in [0.05, 0.1) is 12.2 Å². The fourth-order valence-corrected chi connectivity index (χ4v) is 1.67. The monoisotopic (exact) mass is 263 g/mol. The Hall–Kier alpha value is -1.86. The van der Waals surface area contributed by atoms with Gasteiger partial charge < -0.3 is 9.26 Å². The molecule has 0 aliphatic heterocycles. The van der Waals surface area contributed by atoms with E-state index >= 15 is 0 Å². The number of methoxy groups -OCH3 is 1. The van der Waals surface area contributed by atoms with Crippen LogP contribution in [0.5, 0.6) is 0 Å². The molecule has 0 aliphatic rings. The first-order valence-electron chi connectivity index (χ1n) is 5.97. The zero-order chi connectivity index (χ0) is 13.7. The van der Waals surface area contributed by atoms with Gasteiger partial charge in [-0.05, 0) is 20.0 Å². The molecule has 0 radical (unpaired) electrons. The molecular weight excluding hydrogens is 246 g/mol. The molecule has 0 aromatic carbocycles. The summed E-state index contributed by atoms with van der Waals surface area (Å²) in [5.74, 6) is 1.12. The quantitative estimate of drug-likeness (QED) is 0.774. The van der Waals surface area contributed by atoms with Gasteiger partial charge in [-0.15, -0.1) is 0 Å². The topological polar surface area (TPSA) is 77.2 Å². The number of hydrogen-bond donors (Lipinski definition) is 0. The summed E-state index contributed by atoms with van der Waals surface area (Å²) >= 11 is 0. The molecule has 0 spiro atoms. The fraction of sp³-hybridized carbons (Fsp3) is 0.500. The molecule has 2 aromatic heterocycles. The molecule has 0 amide bonds. The van der Waals surface area contributed by atoms with E-state index in [4.69, 9.17) is 9.26 Å². The Labute approximate surface area is 111 Å². The van der Waals surface area contributed by atoms with Gasteiger partial charge in [0.2, 0.25) is 0 Å². The second kappa shape index (κ2) is 6.35. The molecule has 7 nitrogen and oxygen atoms in total. The maximum Gasteiger partial charge on any atom is 0.252 e. The Morgan fingerprint density at radius 1 is 1.47 bits per heavy atom. The lowest BCUT2D eigenvalue weighted by Gasteiger charge is -2.22. The first-order valence-corrected chi connectivity index (χ1v) is 5.97. The Bertz CT molecular complexity index is 502. The van der Waals surface area contributed by atoms with Crippen LogP contribution in [0.3, 0.4) is 0 Å². The van der Waals surface area contributed by atoms with Crippen LogP contribution < -0.4 is 0 Å². The summed E-state index contributed by atoms with van der Waals surface area (Å²) in [5, 5.41) is 3.91. The summed E-state index contributed by atoms with van der Waals surface area (Å²) in [6.07, 6.45) is 3.28. The third-order valence-corrected chi connectivity index (χ3v) is 2.86. The predicted octanol–water partition coefficient (Wildman–Crippen LogP) is 1.20. The van der Waals surface area contributed by atoms with Crippen molar-refractivity contribution in [2.45, 2.75) is 26.1 Å². The van der Waals surface area contributed by atoms with E-state index in [0.29, 0.717) is 24.9 Å². The molecule has 102 valence electrons. The zero-order valence-corrected chi connectivity index (χ0v) is 11.3. The van der Waals surface area contributed by atoms with E-state index in [1.807, 2.05) is 13.1 Å². The first-order chi connectivity index (χ1) is 9.20. The molecule has 0 unspecified atom stereocenters. The third kappa shape index (κ3) is 3.55. The first kappa shape index (κ1) is 13.6. The normalized spacial score (nSPS) is 12.8. The van der Waals surface area contributed by atoms with E-state index < -0.39 is 0 Å². The molecular formula is C12H17N5O2. The SMILES string of the molecule is COCc1nc(CN(C)[C@@H](C)c2ccncn2)no1. The van der Waals surface area contributed by atoms with Crippen molar-refractivity contribution in [2.75, 3.05) is 14.2 Å². The number of hydrogen-bond acceptors (Lipinski definition) is 7. The Morgan fingerprint density at radius 3 is 3.00 bits per heavy atom. The van der Waals surface area contributed by atoms with E-state index in [9.17, 15) is 0 Å². The maximum atomic E-state index is 5.05. The molecule has 19 heavy (non-hydrogen) atoms. The minimum Gasteiger partial charge on any atom is -0.375 e. The smallest absolute Gasteiger partial charge is 0.252 e. The second-order valence-corrected chi connectivity index (χ2v) is 4.26. The predicted molar refractivity (Wildman–Crippen MR) is 66.9 cm³/mol. The molecule has 0 saturated heterocycles. The van der Waals surface area contributed by atoms with Crippen molar-refractivity contribution in [3.8, 4) is 0 Å². The molecule has 7 heteroatoms. The molecule has 1 atom stereocenters. The van der Waals surface area contributed by atoms with E-state index in [0.717, 1.165) is 5.69 Å². The summed E-state index contributed by atoms with van der Waals surface area (Å²) < 4.78 is 9.99. The highest BCUT2D eigenvalue weighted by atomic mass is 16.5. The average molecular weight is 263 g/mol. The van der Waals surface area contributed by atoms with Crippen molar-refractivity contribution in [1.82, 2.24) is 25.0 Å². The van der Waals surface area contributed by atoms with Gasteiger partial charge in [-0.3, -0.25) is 4.90 Å². The van der Waals surface area contributed by atoms with E-state index in [1.165, 1.54) is 0 Å². The average Bonchev–Trinajstić information content (AvgIpc) is 2.86. The van der Waals surface area contributed by atoms with Crippen LogP contribution in [0.25, 0.3) is 0 Å². The summed E-state index contributed by atoms with van der Waals surface area (Å²) in [6.45, 7) is 2.98. The number of ether oxygens (including phenoxy) is 1. The van der Waals surface area contributed by atoms with Gasteiger partial charge >= 0.3 is 0 Å². The maximum absolute atomic E-state index is 5.05. The Morgan fingerprint density at radius 2 is 2.32 bits per heavy atom. The lowest BCUT2D eigenvalue weighted by atomic mass is 10.2. The minimum atomic E-state index is 0.146. The lowest BCUT2D eigenvalue weighted by Crippen LogP contribution is -2.23. The molecule has 0 saturated carbocycles. The number of aromatic nitrogens is 4. The van der Waals surface area contributed by atoms with Gasteiger partial charge in [0.25, 0.3) is 5.89 Å². The number of rotatable bonds is 6.